The summed E-state index contributed by atoms with van der Waals surface area (Å²) in [6, 6.07) is 20.0. The molecule has 15 nitrogen and oxygen atoms in total. The number of nitrogens with zero attached hydrogens (tertiary/aromatic N) is 3. The summed E-state index contributed by atoms with van der Waals surface area (Å²) in [7, 11) is 1.38. The molecule has 0 bridgehead atoms. The lowest BCUT2D eigenvalue weighted by Crippen LogP contribution is -2.38. The maximum absolute atomic E-state index is 12.8. The zero-order valence-corrected chi connectivity index (χ0v) is 33.0. The van der Waals surface area contributed by atoms with E-state index in [2.05, 4.69) is 19.8 Å². The summed E-state index contributed by atoms with van der Waals surface area (Å²) >= 11 is 0. The minimum absolute atomic E-state index is 0. The van der Waals surface area contributed by atoms with Gasteiger partial charge in [-0.1, -0.05) is 19.6 Å². The number of carboxylic acids is 2. The van der Waals surface area contributed by atoms with Crippen molar-refractivity contribution in [2.24, 2.45) is 0 Å². The first-order valence-electron chi connectivity index (χ1n) is 19.0. The highest BCUT2D eigenvalue weighted by Crippen LogP contribution is 2.32. The predicted octanol–water partition coefficient (Wildman–Crippen LogP) is 6.48. The highest BCUT2D eigenvalue weighted by molar-refractivity contribution is 6.01. The lowest BCUT2D eigenvalue weighted by Gasteiger charge is -2.26. The van der Waals surface area contributed by atoms with Crippen LogP contribution >= 0.6 is 0 Å². The SMILES string of the molecule is C.COc1ccc(OCCN2CCOCC2)cc1C(F)F.Cc1cc(OCCN2CCOCC2)ccc1-c1nc2c(C(=O)O)cccc2[nH]1.Nc1cccc(C(=O)O)c1N. The number of hydrogen-bond acceptors (Lipinski definition) is 12. The van der Waals surface area contributed by atoms with E-state index in [1.165, 1.54) is 25.3 Å². The van der Waals surface area contributed by atoms with Crippen molar-refractivity contribution >= 4 is 34.3 Å². The van der Waals surface area contributed by atoms with Gasteiger partial charge in [-0.3, -0.25) is 9.80 Å². The number of aryl methyl sites for hydroxylation is 1. The second-order valence-corrected chi connectivity index (χ2v) is 13.5. The van der Waals surface area contributed by atoms with E-state index in [0.29, 0.717) is 41.5 Å². The van der Waals surface area contributed by atoms with E-state index in [9.17, 15) is 23.5 Å². The lowest BCUT2D eigenvalue weighted by atomic mass is 10.1. The molecule has 5 aromatic rings. The molecule has 2 aliphatic heterocycles. The molecule has 0 amide bonds. The largest absolute Gasteiger partial charge is 0.496 e. The number of ether oxygens (including phenoxy) is 5. The molecule has 0 radical (unpaired) electrons. The molecule has 0 spiro atoms. The average molecular weight is 837 g/mol. The Hall–Kier alpha value is -6.01. The number of morpholine rings is 2. The van der Waals surface area contributed by atoms with Crippen LogP contribution in [0, 0.1) is 6.92 Å². The van der Waals surface area contributed by atoms with E-state index in [-0.39, 0.29) is 35.6 Å². The van der Waals surface area contributed by atoms with Crippen molar-refractivity contribution in [3.63, 3.8) is 0 Å². The first kappa shape index (κ1) is 46.7. The molecule has 4 aromatic carbocycles. The Morgan fingerprint density at radius 2 is 1.37 bits per heavy atom. The summed E-state index contributed by atoms with van der Waals surface area (Å²) in [5.41, 5.74) is 14.4. The fourth-order valence-electron chi connectivity index (χ4n) is 6.30. The van der Waals surface area contributed by atoms with Gasteiger partial charge in [0.2, 0.25) is 0 Å². The molecule has 0 unspecified atom stereocenters. The molecule has 2 saturated heterocycles. The molecule has 2 aliphatic rings. The summed E-state index contributed by atoms with van der Waals surface area (Å²) < 4.78 is 52.6. The predicted molar refractivity (Wildman–Crippen MR) is 226 cm³/mol. The molecule has 0 atom stereocenters. The average Bonchev–Trinajstić information content (AvgIpc) is 3.67. The van der Waals surface area contributed by atoms with Crippen LogP contribution in [-0.2, 0) is 9.47 Å². The van der Waals surface area contributed by atoms with Crippen LogP contribution in [0.2, 0.25) is 0 Å². The number of H-pyrrole nitrogens is 1. The number of benzene rings is 4. The maximum atomic E-state index is 12.8. The van der Waals surface area contributed by atoms with Gasteiger partial charge in [-0.25, -0.2) is 23.4 Å². The van der Waals surface area contributed by atoms with Crippen LogP contribution in [0.5, 0.6) is 17.2 Å². The minimum atomic E-state index is -2.58. The molecule has 7 N–H and O–H groups in total. The third-order valence-corrected chi connectivity index (χ3v) is 9.56. The van der Waals surface area contributed by atoms with E-state index < -0.39 is 18.4 Å². The van der Waals surface area contributed by atoms with Gasteiger partial charge in [0.15, 0.2) is 0 Å². The van der Waals surface area contributed by atoms with Crippen molar-refractivity contribution in [1.82, 2.24) is 19.8 Å². The van der Waals surface area contributed by atoms with Gasteiger partial charge >= 0.3 is 11.9 Å². The molecule has 7 rings (SSSR count). The number of imidazole rings is 1. The van der Waals surface area contributed by atoms with Crippen LogP contribution in [0.25, 0.3) is 22.4 Å². The Bertz CT molecular complexity index is 2160. The fraction of sp³-hybridized carbons (Fsp3) is 0.372. The molecule has 60 heavy (non-hydrogen) atoms. The minimum Gasteiger partial charge on any atom is -0.496 e. The Labute approximate surface area is 347 Å². The third-order valence-electron chi connectivity index (χ3n) is 9.56. The van der Waals surface area contributed by atoms with Crippen LogP contribution in [0.3, 0.4) is 0 Å². The van der Waals surface area contributed by atoms with E-state index in [4.69, 9.17) is 40.3 Å². The number of aromatic carboxylic acids is 2. The summed E-state index contributed by atoms with van der Waals surface area (Å²) in [5.74, 6) is 0.0481. The lowest BCUT2D eigenvalue weighted by molar-refractivity contribution is 0.0321. The smallest absolute Gasteiger partial charge is 0.337 e. The van der Waals surface area contributed by atoms with Crippen molar-refractivity contribution in [1.29, 1.82) is 0 Å². The van der Waals surface area contributed by atoms with Crippen LogP contribution in [0.1, 0.15) is 45.7 Å². The molecular weight excluding hydrogens is 783 g/mol. The molecular formula is C43H54F2N6O9. The number of aromatic amines is 1. The summed E-state index contributed by atoms with van der Waals surface area (Å²) in [6.45, 7) is 11.4. The van der Waals surface area contributed by atoms with E-state index >= 15 is 0 Å². The number of para-hydroxylation sites is 2. The topological polar surface area (TPSA) is 208 Å². The number of rotatable bonds is 13. The van der Waals surface area contributed by atoms with Gasteiger partial charge in [0, 0.05) is 44.8 Å². The number of anilines is 2. The fourth-order valence-corrected chi connectivity index (χ4v) is 6.30. The standard InChI is InChI=1S/C21H23N3O4.C14H19F2NO3.C7H8N2O2.CH4/c1-14-13-15(28-12-9-24-7-10-27-11-8-24)5-6-16(14)20-22-18-4-2-3-17(21(25)26)19(18)23-20;1-18-13-3-2-11(10-12(13)14(15)16)20-9-6-17-4-7-19-8-5-17;8-5-3-1-2-4(6(5)9)7(10)11;/h2-6,13H,7-12H2,1H3,(H,22,23)(H,25,26);2-3,10,14H,4-9H2,1H3;1-3H,8-9H2,(H,10,11);1H4. The van der Waals surface area contributed by atoms with Gasteiger partial charge in [-0.15, -0.1) is 0 Å². The molecule has 2 fully saturated rings. The number of fused-ring (bicyclic) bond motifs is 1. The van der Waals surface area contributed by atoms with Gasteiger partial charge in [0.05, 0.1) is 67.1 Å². The maximum Gasteiger partial charge on any atom is 0.337 e. The Morgan fingerprint density at radius 3 is 1.90 bits per heavy atom. The number of nitrogens with one attached hydrogen (secondary N) is 1. The van der Waals surface area contributed by atoms with E-state index in [1.54, 1.807) is 30.3 Å². The zero-order valence-electron chi connectivity index (χ0n) is 33.0. The number of nitrogens with two attached hydrogens (primary N) is 2. The van der Waals surface area contributed by atoms with Gasteiger partial charge in [0.1, 0.15) is 41.8 Å². The highest BCUT2D eigenvalue weighted by Gasteiger charge is 2.17. The molecule has 0 aliphatic carbocycles. The number of carboxylic acid groups (broad SMARTS) is 2. The zero-order chi connectivity index (χ0) is 42.3. The number of methoxy groups -OCH3 is 1. The monoisotopic (exact) mass is 836 g/mol. The number of carbonyl (C=O) groups is 2. The first-order valence-corrected chi connectivity index (χ1v) is 19.0. The van der Waals surface area contributed by atoms with Crippen molar-refractivity contribution in [2.45, 2.75) is 20.8 Å². The molecule has 0 saturated carbocycles. The normalized spacial score (nSPS) is 14.2. The highest BCUT2D eigenvalue weighted by atomic mass is 19.3. The van der Waals surface area contributed by atoms with E-state index in [1.807, 2.05) is 31.2 Å². The quantitative estimate of drug-likeness (QED) is 0.0806. The molecule has 17 heteroatoms. The van der Waals surface area contributed by atoms with Crippen LogP contribution in [0.4, 0.5) is 20.2 Å². The van der Waals surface area contributed by atoms with Gasteiger partial charge in [-0.2, -0.15) is 0 Å². The second kappa shape index (κ2) is 23.0. The van der Waals surface area contributed by atoms with Crippen LogP contribution < -0.4 is 25.7 Å². The first-order chi connectivity index (χ1) is 28.4. The number of nitrogen functional groups attached to an aromatic ring is 2. The van der Waals surface area contributed by atoms with E-state index in [0.717, 1.165) is 82.6 Å². The Morgan fingerprint density at radius 1 is 0.817 bits per heavy atom. The van der Waals surface area contributed by atoms with Crippen molar-refractivity contribution in [2.75, 3.05) is 97.5 Å². The third kappa shape index (κ3) is 13.0. The van der Waals surface area contributed by atoms with Crippen LogP contribution in [-0.4, -0.2) is 128 Å². The van der Waals surface area contributed by atoms with Crippen LogP contribution in [0.15, 0.2) is 72.8 Å². The summed E-state index contributed by atoms with van der Waals surface area (Å²) in [5, 5.41) is 17.9. The van der Waals surface area contributed by atoms with Crippen molar-refractivity contribution < 1.29 is 52.3 Å². The van der Waals surface area contributed by atoms with Gasteiger partial charge in [0.25, 0.3) is 6.43 Å². The molecule has 3 heterocycles. The van der Waals surface area contributed by atoms with Crippen molar-refractivity contribution in [3.05, 3.63) is 95.1 Å². The van der Waals surface area contributed by atoms with Gasteiger partial charge in [-0.05, 0) is 73.2 Å². The second-order valence-electron chi connectivity index (χ2n) is 13.5. The number of aromatic nitrogens is 2. The molecule has 1 aromatic heterocycles. The van der Waals surface area contributed by atoms with Crippen molar-refractivity contribution in [3.8, 4) is 28.6 Å². The Balaban J connectivity index is 0.000000216. The Kier molecular flexibility index (Phi) is 17.9. The molecule has 324 valence electrons. The summed E-state index contributed by atoms with van der Waals surface area (Å²) in [4.78, 5) is 34.1. The number of halogens is 2. The van der Waals surface area contributed by atoms with Gasteiger partial charge < -0.3 is 50.3 Å². The summed E-state index contributed by atoms with van der Waals surface area (Å²) in [6.07, 6.45) is -2.58. The number of alkyl halides is 2. The number of hydrogen-bond donors (Lipinski definition) is 5.